The molecule has 0 aliphatic heterocycles. The molecule has 0 spiro atoms. The van der Waals surface area contributed by atoms with Crippen LogP contribution >= 0.6 is 0 Å². The number of quaternary nitrogens is 1. The normalized spacial score (nSPS) is 11.7. The molecular formula is C15H23N2O3+. The highest BCUT2D eigenvalue weighted by Crippen LogP contribution is 2.15. The Hall–Kier alpha value is -2.01. The van der Waals surface area contributed by atoms with Gasteiger partial charge in [0.25, 0.3) is 0 Å². The Morgan fingerprint density at radius 1 is 1.10 bits per heavy atom. The molecule has 0 N–H and O–H groups in total. The number of likely N-dealkylation sites (N-methyl/N-ethyl adjacent to an activating group) is 1. The van der Waals surface area contributed by atoms with Crippen LogP contribution in [0.2, 0.25) is 0 Å². The molecule has 0 aliphatic rings. The van der Waals surface area contributed by atoms with E-state index in [2.05, 4.69) is 13.2 Å². The van der Waals surface area contributed by atoms with E-state index in [0.29, 0.717) is 18.7 Å². The molecule has 0 aromatic rings. The predicted molar refractivity (Wildman–Crippen MR) is 78.0 cm³/mol. The van der Waals surface area contributed by atoms with Gasteiger partial charge in [0.15, 0.2) is 0 Å². The fourth-order valence-corrected chi connectivity index (χ4v) is 1.97. The maximum Gasteiger partial charge on any atom is 0.350 e. The minimum atomic E-state index is -0.347. The van der Waals surface area contributed by atoms with Crippen molar-refractivity contribution >= 4 is 17.7 Å². The molecule has 0 aromatic heterocycles. The fourth-order valence-electron chi connectivity index (χ4n) is 1.97. The summed E-state index contributed by atoms with van der Waals surface area (Å²) in [6.07, 6.45) is 3.88. The molecular weight excluding hydrogens is 256 g/mol. The largest absolute Gasteiger partial charge is 0.350 e. The molecule has 0 bridgehead atoms. The first-order valence-corrected chi connectivity index (χ1v) is 6.49. The van der Waals surface area contributed by atoms with E-state index in [1.165, 1.54) is 24.2 Å². The number of nitrogens with zero attached hydrogens (tertiary/aromatic N) is 2. The summed E-state index contributed by atoms with van der Waals surface area (Å²) in [7, 11) is 0. The van der Waals surface area contributed by atoms with Gasteiger partial charge in [0.05, 0.1) is 18.7 Å². The molecule has 0 aliphatic carbocycles. The summed E-state index contributed by atoms with van der Waals surface area (Å²) in [6, 6.07) is 0. The van der Waals surface area contributed by atoms with Gasteiger partial charge in [0.2, 0.25) is 5.91 Å². The van der Waals surface area contributed by atoms with E-state index < -0.39 is 0 Å². The van der Waals surface area contributed by atoms with E-state index in [-0.39, 0.29) is 22.2 Å². The van der Waals surface area contributed by atoms with Crippen LogP contribution in [0, 0.1) is 0 Å². The van der Waals surface area contributed by atoms with Gasteiger partial charge in [-0.3, -0.25) is 9.69 Å². The number of imide groups is 1. The summed E-state index contributed by atoms with van der Waals surface area (Å²) < 4.78 is -0.339. The lowest BCUT2D eigenvalue weighted by molar-refractivity contribution is -0.770. The molecule has 5 nitrogen and oxygen atoms in total. The van der Waals surface area contributed by atoms with Crippen molar-refractivity contribution in [2.75, 3.05) is 13.1 Å². The van der Waals surface area contributed by atoms with Gasteiger partial charge in [-0.2, -0.15) is 4.48 Å². The van der Waals surface area contributed by atoms with Crippen molar-refractivity contribution in [2.24, 2.45) is 0 Å². The van der Waals surface area contributed by atoms with Crippen LogP contribution in [0.15, 0.2) is 37.2 Å². The van der Waals surface area contributed by atoms with Crippen LogP contribution in [0.4, 0.5) is 0 Å². The molecule has 0 fully saturated rings. The van der Waals surface area contributed by atoms with E-state index in [9.17, 15) is 14.4 Å². The first-order valence-electron chi connectivity index (χ1n) is 6.49. The maximum atomic E-state index is 12.6. The van der Waals surface area contributed by atoms with Crippen LogP contribution in [0.5, 0.6) is 0 Å². The van der Waals surface area contributed by atoms with Gasteiger partial charge >= 0.3 is 11.8 Å². The molecule has 0 heterocycles. The van der Waals surface area contributed by atoms with Gasteiger partial charge in [0.1, 0.15) is 0 Å². The van der Waals surface area contributed by atoms with E-state index in [0.717, 1.165) is 6.08 Å². The lowest BCUT2D eigenvalue weighted by Gasteiger charge is -2.30. The quantitative estimate of drug-likeness (QED) is 0.552. The molecule has 5 heteroatoms. The monoisotopic (exact) mass is 279 g/mol. The Morgan fingerprint density at radius 2 is 1.60 bits per heavy atom. The second-order valence-corrected chi connectivity index (χ2v) is 4.37. The van der Waals surface area contributed by atoms with Crippen LogP contribution in [0.25, 0.3) is 0 Å². The molecule has 0 saturated heterocycles. The van der Waals surface area contributed by atoms with Crippen LogP contribution in [0.3, 0.4) is 0 Å². The van der Waals surface area contributed by atoms with E-state index in [1.807, 2.05) is 0 Å². The molecule has 0 atom stereocenters. The highest BCUT2D eigenvalue weighted by molar-refractivity contribution is 5.98. The lowest BCUT2D eigenvalue weighted by atomic mass is 10.2. The third kappa shape index (κ3) is 3.51. The number of hydrogen-bond acceptors (Lipinski definition) is 3. The summed E-state index contributed by atoms with van der Waals surface area (Å²) in [5.74, 6) is -0.943. The molecule has 0 unspecified atom stereocenters. The molecule has 0 rings (SSSR count). The van der Waals surface area contributed by atoms with Gasteiger partial charge in [0, 0.05) is 25.4 Å². The molecule has 110 valence electrons. The highest BCUT2D eigenvalue weighted by atomic mass is 16.2. The summed E-state index contributed by atoms with van der Waals surface area (Å²) in [5.41, 5.74) is 0.319. The van der Waals surface area contributed by atoms with Crippen molar-refractivity contribution < 1.29 is 18.9 Å². The van der Waals surface area contributed by atoms with E-state index in [1.54, 1.807) is 20.8 Å². The number of carbonyl (C=O) groups excluding carboxylic acids is 3. The molecule has 0 aromatic carbocycles. The van der Waals surface area contributed by atoms with Crippen molar-refractivity contribution in [3.8, 4) is 0 Å². The minimum absolute atomic E-state index is 0.256. The summed E-state index contributed by atoms with van der Waals surface area (Å²) in [6.45, 7) is 14.1. The molecule has 20 heavy (non-hydrogen) atoms. The Labute approximate surface area is 120 Å². The third-order valence-corrected chi connectivity index (χ3v) is 3.30. The first kappa shape index (κ1) is 18.0. The lowest BCUT2D eigenvalue weighted by Crippen LogP contribution is -2.56. The highest BCUT2D eigenvalue weighted by Gasteiger charge is 2.40. The maximum absolute atomic E-state index is 12.6. The summed E-state index contributed by atoms with van der Waals surface area (Å²) in [4.78, 5) is 37.1. The van der Waals surface area contributed by atoms with Crippen molar-refractivity contribution in [1.82, 2.24) is 4.90 Å². The second kappa shape index (κ2) is 7.55. The van der Waals surface area contributed by atoms with Crippen LogP contribution in [-0.2, 0) is 14.4 Å². The van der Waals surface area contributed by atoms with E-state index in [4.69, 9.17) is 0 Å². The van der Waals surface area contributed by atoms with Gasteiger partial charge in [-0.05, 0) is 20.8 Å². The van der Waals surface area contributed by atoms with Crippen LogP contribution in [0.1, 0.15) is 27.7 Å². The van der Waals surface area contributed by atoms with Crippen molar-refractivity contribution in [3.63, 3.8) is 0 Å². The number of carbonyl (C=O) groups is 3. The Morgan fingerprint density at radius 3 is 1.90 bits per heavy atom. The van der Waals surface area contributed by atoms with Gasteiger partial charge < -0.3 is 0 Å². The molecule has 3 amide bonds. The van der Waals surface area contributed by atoms with Crippen molar-refractivity contribution in [3.05, 3.63) is 37.2 Å². The standard InChI is InChI=1S/C15H23N2O3/c1-7-14(19)17(9-3,10-4)15(20)12(5)11-16(8-2)13(6)18/h7-8,11H,1-2,9-10H2,3-6H3/q+1. The summed E-state index contributed by atoms with van der Waals surface area (Å²) in [5, 5.41) is 0. The van der Waals surface area contributed by atoms with Crippen molar-refractivity contribution in [2.45, 2.75) is 27.7 Å². The molecule has 0 radical (unpaired) electrons. The predicted octanol–water partition coefficient (Wildman–Crippen LogP) is 1.98. The summed E-state index contributed by atoms with van der Waals surface area (Å²) >= 11 is 0. The van der Waals surface area contributed by atoms with Crippen LogP contribution in [-0.4, -0.2) is 40.2 Å². The molecule has 0 saturated carbocycles. The number of amides is 3. The van der Waals surface area contributed by atoms with Crippen molar-refractivity contribution in [1.29, 1.82) is 0 Å². The number of rotatable bonds is 6. The zero-order valence-corrected chi connectivity index (χ0v) is 12.7. The minimum Gasteiger partial charge on any atom is -0.295 e. The Kier molecular flexibility index (Phi) is 6.79. The fraction of sp³-hybridized carbons (Fsp3) is 0.400. The van der Waals surface area contributed by atoms with Gasteiger partial charge in [-0.1, -0.05) is 13.2 Å². The zero-order chi connectivity index (χ0) is 15.9. The zero-order valence-electron chi connectivity index (χ0n) is 12.7. The topological polar surface area (TPSA) is 54.5 Å². The second-order valence-electron chi connectivity index (χ2n) is 4.37. The smallest absolute Gasteiger partial charge is 0.295 e. The van der Waals surface area contributed by atoms with Crippen LogP contribution < -0.4 is 0 Å². The van der Waals surface area contributed by atoms with Gasteiger partial charge in [-0.25, -0.2) is 9.59 Å². The van der Waals surface area contributed by atoms with Gasteiger partial charge in [-0.15, -0.1) is 0 Å². The average Bonchev–Trinajstić information content (AvgIpc) is 2.45. The van der Waals surface area contributed by atoms with E-state index >= 15 is 0 Å². The SMILES string of the molecule is C=CC(=O)[N+](CC)(CC)C(=O)C(C)=CN(C=C)C(C)=O. The third-order valence-electron chi connectivity index (χ3n) is 3.30. The number of hydrogen-bond donors (Lipinski definition) is 0. The average molecular weight is 279 g/mol. The Balaban J connectivity index is 5.64. The Bertz CT molecular complexity index is 460. The first-order chi connectivity index (χ1) is 9.30.